The van der Waals surface area contributed by atoms with Gasteiger partial charge in [0.15, 0.2) is 15.6 Å². The average Bonchev–Trinajstić information content (AvgIpc) is 3.22. The number of carbonyl (C=O) groups excluding carboxylic acids is 1. The molecule has 0 saturated heterocycles. The fourth-order valence-corrected chi connectivity index (χ4v) is 6.23. The first kappa shape index (κ1) is 23.9. The maximum absolute atomic E-state index is 12.9. The number of aromatic nitrogens is 3. The normalized spacial score (nSPS) is 11.6. The first-order chi connectivity index (χ1) is 16.2. The summed E-state index contributed by atoms with van der Waals surface area (Å²) in [6.45, 7) is 2.63. The number of sulfone groups is 1. The highest BCUT2D eigenvalue weighted by Gasteiger charge is 2.21. The average molecular weight is 519 g/mol. The molecule has 0 bridgehead atoms. The van der Waals surface area contributed by atoms with Crippen LogP contribution in [0.2, 0.25) is 4.34 Å². The Morgan fingerprint density at radius 3 is 2.62 bits per heavy atom. The predicted molar refractivity (Wildman–Crippen MR) is 132 cm³/mol. The van der Waals surface area contributed by atoms with Crippen molar-refractivity contribution in [2.24, 2.45) is 0 Å². The van der Waals surface area contributed by atoms with E-state index in [0.29, 0.717) is 27.3 Å². The molecule has 4 aromatic rings. The number of benzene rings is 1. The van der Waals surface area contributed by atoms with Crippen LogP contribution in [-0.4, -0.2) is 41.0 Å². The van der Waals surface area contributed by atoms with Crippen molar-refractivity contribution in [2.45, 2.75) is 17.6 Å². The zero-order chi connectivity index (χ0) is 24.5. The summed E-state index contributed by atoms with van der Waals surface area (Å²) in [4.78, 5) is 44.7. The van der Waals surface area contributed by atoms with Crippen LogP contribution in [0.15, 0.2) is 62.5 Å². The number of hydrogen-bond acceptors (Lipinski definition) is 8. The van der Waals surface area contributed by atoms with Gasteiger partial charge in [-0.2, -0.15) is 0 Å². The van der Waals surface area contributed by atoms with Crippen LogP contribution in [0.5, 0.6) is 0 Å². The summed E-state index contributed by atoms with van der Waals surface area (Å²) in [7, 11) is -3.78. The SMILES string of the molecule is CCNc1ccc2c(=O)n(-c3ccc(CC(=O)CS(=O)(=O)c4ccc(Cl)s4)cn3)c(=O)[nH]c2c1. The zero-order valence-corrected chi connectivity index (χ0v) is 20.3. The number of nitrogens with zero attached hydrogens (tertiary/aromatic N) is 2. The highest BCUT2D eigenvalue weighted by Crippen LogP contribution is 2.26. The molecule has 34 heavy (non-hydrogen) atoms. The predicted octanol–water partition coefficient (Wildman–Crippen LogP) is 2.81. The van der Waals surface area contributed by atoms with Crippen LogP contribution in [-0.2, 0) is 21.1 Å². The number of halogens is 1. The first-order valence-electron chi connectivity index (χ1n) is 10.2. The summed E-state index contributed by atoms with van der Waals surface area (Å²) < 4.78 is 26.0. The molecule has 9 nitrogen and oxygen atoms in total. The third-order valence-electron chi connectivity index (χ3n) is 4.92. The molecule has 0 atom stereocenters. The van der Waals surface area contributed by atoms with Gasteiger partial charge in [0.05, 0.1) is 15.2 Å². The summed E-state index contributed by atoms with van der Waals surface area (Å²) in [6, 6.07) is 10.8. The number of anilines is 1. The van der Waals surface area contributed by atoms with Crippen LogP contribution in [0.3, 0.4) is 0 Å². The maximum Gasteiger partial charge on any atom is 0.334 e. The van der Waals surface area contributed by atoms with Gasteiger partial charge in [-0.05, 0) is 48.9 Å². The lowest BCUT2D eigenvalue weighted by atomic mass is 10.1. The number of aromatic amines is 1. The van der Waals surface area contributed by atoms with Crippen LogP contribution < -0.4 is 16.6 Å². The molecule has 0 fully saturated rings. The maximum atomic E-state index is 12.9. The fourth-order valence-electron chi connectivity index (χ4n) is 3.42. The van der Waals surface area contributed by atoms with Gasteiger partial charge in [-0.25, -0.2) is 22.8 Å². The molecule has 3 aromatic heterocycles. The van der Waals surface area contributed by atoms with Gasteiger partial charge in [0.25, 0.3) is 5.56 Å². The summed E-state index contributed by atoms with van der Waals surface area (Å²) in [6.07, 6.45) is 1.17. The largest absolute Gasteiger partial charge is 0.385 e. The van der Waals surface area contributed by atoms with Gasteiger partial charge in [-0.3, -0.25) is 9.59 Å². The van der Waals surface area contributed by atoms with Gasteiger partial charge in [-0.1, -0.05) is 17.7 Å². The minimum Gasteiger partial charge on any atom is -0.385 e. The van der Waals surface area contributed by atoms with E-state index in [1.54, 1.807) is 18.2 Å². The summed E-state index contributed by atoms with van der Waals surface area (Å²) in [5.41, 5.74) is 0.454. The number of hydrogen-bond donors (Lipinski definition) is 2. The Bertz CT molecular complexity index is 1610. The Balaban J connectivity index is 1.55. The summed E-state index contributed by atoms with van der Waals surface area (Å²) in [5, 5.41) is 3.44. The quantitative estimate of drug-likeness (QED) is 0.366. The Kier molecular flexibility index (Phi) is 6.69. The molecule has 12 heteroatoms. The molecule has 0 aliphatic rings. The number of Topliss-reactive ketones (excluding diaryl/α,β-unsaturated/α-hetero) is 1. The lowest BCUT2D eigenvalue weighted by Gasteiger charge is -2.08. The molecule has 3 heterocycles. The van der Waals surface area contributed by atoms with Gasteiger partial charge in [-0.15, -0.1) is 11.3 Å². The molecule has 0 aliphatic carbocycles. The van der Waals surface area contributed by atoms with Gasteiger partial charge in [0.1, 0.15) is 15.8 Å². The van der Waals surface area contributed by atoms with E-state index in [4.69, 9.17) is 11.6 Å². The lowest BCUT2D eigenvalue weighted by Crippen LogP contribution is -2.34. The molecular formula is C22H19ClN4O5S2. The van der Waals surface area contributed by atoms with Crippen LogP contribution in [0.4, 0.5) is 5.69 Å². The van der Waals surface area contributed by atoms with Crippen molar-refractivity contribution in [1.82, 2.24) is 14.5 Å². The molecule has 0 amide bonds. The van der Waals surface area contributed by atoms with E-state index in [1.165, 1.54) is 30.5 Å². The monoisotopic (exact) mass is 518 g/mol. The van der Waals surface area contributed by atoms with Gasteiger partial charge >= 0.3 is 5.69 Å². The van der Waals surface area contributed by atoms with Crippen molar-refractivity contribution >= 4 is 55.1 Å². The minimum absolute atomic E-state index is 0.0341. The Hall–Kier alpha value is -3.28. The van der Waals surface area contributed by atoms with Crippen molar-refractivity contribution < 1.29 is 13.2 Å². The van der Waals surface area contributed by atoms with E-state index in [1.807, 2.05) is 6.92 Å². The van der Waals surface area contributed by atoms with Crippen molar-refractivity contribution in [3.05, 3.63) is 79.4 Å². The summed E-state index contributed by atoms with van der Waals surface area (Å²) >= 11 is 6.67. The van der Waals surface area contributed by atoms with Crippen molar-refractivity contribution in [1.29, 1.82) is 0 Å². The highest BCUT2D eigenvalue weighted by atomic mass is 35.5. The second-order valence-corrected chi connectivity index (χ2v) is 11.4. The van der Waals surface area contributed by atoms with Gasteiger partial charge in [0.2, 0.25) is 0 Å². The number of carbonyl (C=O) groups is 1. The molecular weight excluding hydrogens is 500 g/mol. The van der Waals surface area contributed by atoms with Crippen molar-refractivity contribution in [3.63, 3.8) is 0 Å². The van der Waals surface area contributed by atoms with E-state index >= 15 is 0 Å². The third-order valence-corrected chi connectivity index (χ3v) is 8.41. The second kappa shape index (κ2) is 9.53. The molecule has 0 unspecified atom stereocenters. The molecule has 176 valence electrons. The Morgan fingerprint density at radius 1 is 1.18 bits per heavy atom. The molecule has 0 saturated carbocycles. The molecule has 0 radical (unpaired) electrons. The Labute approximate surface area is 203 Å². The molecule has 2 N–H and O–H groups in total. The molecule has 4 rings (SSSR count). The number of H-pyrrole nitrogens is 1. The minimum atomic E-state index is -3.78. The number of thiophene rings is 1. The van der Waals surface area contributed by atoms with Gasteiger partial charge < -0.3 is 10.3 Å². The number of rotatable bonds is 8. The van der Waals surface area contributed by atoms with E-state index in [0.717, 1.165) is 21.6 Å². The highest BCUT2D eigenvalue weighted by molar-refractivity contribution is 7.94. The lowest BCUT2D eigenvalue weighted by molar-refractivity contribution is -0.116. The standard InChI is InChI=1S/C22H19ClN4O5S2/c1-2-24-14-4-5-16-17(10-14)26-22(30)27(21(16)29)19-7-3-13(11-25-19)9-15(28)12-34(31,32)20-8-6-18(23)33-20/h3-8,10-11,24H,2,9,12H2,1H3,(H,26,30). The smallest absolute Gasteiger partial charge is 0.334 e. The summed E-state index contributed by atoms with van der Waals surface area (Å²) in [5.74, 6) is -1.10. The van der Waals surface area contributed by atoms with Gasteiger partial charge in [0, 0.05) is 24.8 Å². The van der Waals surface area contributed by atoms with Crippen molar-refractivity contribution in [2.75, 3.05) is 17.6 Å². The van der Waals surface area contributed by atoms with Crippen LogP contribution in [0.1, 0.15) is 12.5 Å². The molecule has 0 spiro atoms. The van der Waals surface area contributed by atoms with E-state index in [9.17, 15) is 22.8 Å². The first-order valence-corrected chi connectivity index (χ1v) is 13.0. The topological polar surface area (TPSA) is 131 Å². The molecule has 0 aliphatic heterocycles. The van der Waals surface area contributed by atoms with E-state index < -0.39 is 32.6 Å². The second-order valence-electron chi connectivity index (χ2n) is 7.42. The zero-order valence-electron chi connectivity index (χ0n) is 17.9. The molecule has 1 aromatic carbocycles. The van der Waals surface area contributed by atoms with Crippen molar-refractivity contribution in [3.8, 4) is 5.82 Å². The Morgan fingerprint density at radius 2 is 1.97 bits per heavy atom. The number of fused-ring (bicyclic) bond motifs is 1. The number of nitrogens with one attached hydrogen (secondary N) is 2. The van der Waals surface area contributed by atoms with E-state index in [-0.39, 0.29) is 16.4 Å². The number of pyridine rings is 1. The third kappa shape index (κ3) is 4.96. The van der Waals surface area contributed by atoms with Crippen LogP contribution >= 0.6 is 22.9 Å². The van der Waals surface area contributed by atoms with Crippen LogP contribution in [0, 0.1) is 0 Å². The van der Waals surface area contributed by atoms with E-state index in [2.05, 4.69) is 15.3 Å². The fraction of sp³-hybridized carbons (Fsp3) is 0.182. The van der Waals surface area contributed by atoms with Crippen LogP contribution in [0.25, 0.3) is 16.7 Å². The number of ketones is 1.